The normalized spacial score (nSPS) is 13.2. The maximum Gasteiger partial charge on any atom is 0.0784 e. The van der Waals surface area contributed by atoms with Crippen molar-refractivity contribution in [3.63, 3.8) is 0 Å². The number of methoxy groups -OCH3 is 1. The minimum Gasteiger partial charge on any atom is -0.382 e. The molecule has 0 saturated carbocycles. The van der Waals surface area contributed by atoms with Crippen molar-refractivity contribution in [1.29, 1.82) is 0 Å². The van der Waals surface area contributed by atoms with E-state index >= 15 is 0 Å². The van der Waals surface area contributed by atoms with Crippen molar-refractivity contribution in [3.8, 4) is 0 Å². The molecule has 110 valence electrons. The zero-order valence-electron chi connectivity index (χ0n) is 12.8. The van der Waals surface area contributed by atoms with Crippen molar-refractivity contribution in [3.05, 3.63) is 21.4 Å². The van der Waals surface area contributed by atoms with Crippen molar-refractivity contribution in [2.24, 2.45) is 5.92 Å². The summed E-state index contributed by atoms with van der Waals surface area (Å²) < 4.78 is 10.8. The van der Waals surface area contributed by atoms with Crippen LogP contribution < -0.4 is 5.32 Å². The van der Waals surface area contributed by atoms with Crippen LogP contribution in [0.15, 0.2) is 6.07 Å². The highest BCUT2D eigenvalue weighted by Gasteiger charge is 2.08. The summed E-state index contributed by atoms with van der Waals surface area (Å²) in [4.78, 5) is 2.74. The van der Waals surface area contributed by atoms with Crippen LogP contribution in [0.25, 0.3) is 0 Å². The summed E-state index contributed by atoms with van der Waals surface area (Å²) >= 11 is 1.86. The zero-order chi connectivity index (χ0) is 14.3. The van der Waals surface area contributed by atoms with Gasteiger partial charge >= 0.3 is 0 Å². The van der Waals surface area contributed by atoms with Crippen LogP contribution in [0.3, 0.4) is 0 Å². The molecule has 0 fully saturated rings. The van der Waals surface area contributed by atoms with Gasteiger partial charge in [0.1, 0.15) is 0 Å². The Kier molecular flexibility index (Phi) is 7.61. The molecule has 0 aliphatic heterocycles. The van der Waals surface area contributed by atoms with Crippen LogP contribution in [0, 0.1) is 12.8 Å². The lowest BCUT2D eigenvalue weighted by atomic mass is 10.2. The third-order valence-electron chi connectivity index (χ3n) is 2.85. The molecule has 1 unspecified atom stereocenters. The van der Waals surface area contributed by atoms with E-state index in [9.17, 15) is 0 Å². The molecule has 0 saturated heterocycles. The Labute approximate surface area is 121 Å². The van der Waals surface area contributed by atoms with E-state index < -0.39 is 0 Å². The molecule has 1 heterocycles. The third-order valence-corrected chi connectivity index (χ3v) is 3.94. The Morgan fingerprint density at radius 2 is 2.05 bits per heavy atom. The minimum absolute atomic E-state index is 0.145. The van der Waals surface area contributed by atoms with E-state index in [1.807, 2.05) is 18.3 Å². The number of thiophene rings is 1. The summed E-state index contributed by atoms with van der Waals surface area (Å²) in [6.45, 7) is 12.0. The molecule has 1 N–H and O–H groups in total. The molecule has 0 amide bonds. The Morgan fingerprint density at radius 3 is 2.68 bits per heavy atom. The van der Waals surface area contributed by atoms with Gasteiger partial charge in [0, 0.05) is 23.4 Å². The van der Waals surface area contributed by atoms with Gasteiger partial charge in [0.25, 0.3) is 0 Å². The first-order valence-electron chi connectivity index (χ1n) is 6.92. The smallest absolute Gasteiger partial charge is 0.0784 e. The number of hydrogen-bond donors (Lipinski definition) is 1. The molecule has 1 aromatic heterocycles. The van der Waals surface area contributed by atoms with Gasteiger partial charge in [-0.25, -0.2) is 0 Å². The van der Waals surface area contributed by atoms with Crippen LogP contribution >= 0.6 is 11.3 Å². The van der Waals surface area contributed by atoms with Crippen molar-refractivity contribution in [2.45, 2.75) is 47.0 Å². The van der Waals surface area contributed by atoms with Gasteiger partial charge in [0.15, 0.2) is 0 Å². The predicted molar refractivity (Wildman–Crippen MR) is 81.7 cm³/mol. The van der Waals surface area contributed by atoms with Crippen molar-refractivity contribution in [1.82, 2.24) is 5.32 Å². The van der Waals surface area contributed by atoms with Crippen LogP contribution in [0.5, 0.6) is 0 Å². The summed E-state index contributed by atoms with van der Waals surface area (Å²) in [6, 6.07) is 2.26. The van der Waals surface area contributed by atoms with Gasteiger partial charge in [-0.3, -0.25) is 0 Å². The van der Waals surface area contributed by atoms with Gasteiger partial charge in [0.05, 0.1) is 19.3 Å². The molecule has 4 heteroatoms. The Morgan fingerprint density at radius 1 is 1.32 bits per heavy atom. The topological polar surface area (TPSA) is 30.5 Å². The highest BCUT2D eigenvalue weighted by atomic mass is 32.1. The number of hydrogen-bond acceptors (Lipinski definition) is 4. The molecule has 1 aromatic rings. The molecule has 1 atom stereocenters. The van der Waals surface area contributed by atoms with Crippen molar-refractivity contribution >= 4 is 11.3 Å². The summed E-state index contributed by atoms with van der Waals surface area (Å²) in [5.74, 6) is 0.693. The van der Waals surface area contributed by atoms with E-state index in [1.54, 1.807) is 7.11 Å². The van der Waals surface area contributed by atoms with Gasteiger partial charge < -0.3 is 14.8 Å². The molecular weight excluding hydrogens is 258 g/mol. The van der Waals surface area contributed by atoms with E-state index in [1.165, 1.54) is 15.3 Å². The Hall–Kier alpha value is -0.420. The van der Waals surface area contributed by atoms with E-state index in [0.717, 1.165) is 13.1 Å². The maximum absolute atomic E-state index is 5.77. The number of aryl methyl sites for hydroxylation is 1. The van der Waals surface area contributed by atoms with Gasteiger partial charge in [-0.1, -0.05) is 13.8 Å². The predicted octanol–water partition coefficient (Wildman–Crippen LogP) is 3.35. The van der Waals surface area contributed by atoms with Gasteiger partial charge in [-0.15, -0.1) is 11.3 Å². The molecule has 0 aliphatic rings. The zero-order valence-corrected chi connectivity index (χ0v) is 13.6. The van der Waals surface area contributed by atoms with E-state index in [4.69, 9.17) is 9.47 Å². The van der Waals surface area contributed by atoms with E-state index in [2.05, 4.69) is 32.2 Å². The van der Waals surface area contributed by atoms with Gasteiger partial charge in [-0.05, 0) is 37.9 Å². The average molecular weight is 285 g/mol. The molecule has 3 nitrogen and oxygen atoms in total. The Balaban J connectivity index is 2.40. The maximum atomic E-state index is 5.77. The minimum atomic E-state index is 0.145. The molecule has 0 radical (unpaired) electrons. The summed E-state index contributed by atoms with van der Waals surface area (Å²) in [6.07, 6.45) is 0.145. The van der Waals surface area contributed by atoms with Crippen molar-refractivity contribution in [2.75, 3.05) is 20.3 Å². The molecule has 1 rings (SSSR count). The molecule has 0 bridgehead atoms. The summed E-state index contributed by atoms with van der Waals surface area (Å²) in [5, 5.41) is 3.48. The summed E-state index contributed by atoms with van der Waals surface area (Å²) in [7, 11) is 1.70. The average Bonchev–Trinajstić information content (AvgIpc) is 2.67. The second-order valence-electron chi connectivity index (χ2n) is 5.40. The quantitative estimate of drug-likeness (QED) is 0.755. The lowest BCUT2D eigenvalue weighted by molar-refractivity contribution is -0.000171. The molecular formula is C15H27NO2S. The molecule has 0 aromatic carbocycles. The molecule has 0 spiro atoms. The number of nitrogens with one attached hydrogen (secondary N) is 1. The van der Waals surface area contributed by atoms with Crippen molar-refractivity contribution < 1.29 is 9.47 Å². The highest BCUT2D eigenvalue weighted by Crippen LogP contribution is 2.22. The second-order valence-corrected chi connectivity index (χ2v) is 6.74. The fraction of sp³-hybridized carbons (Fsp3) is 0.733. The lowest BCUT2D eigenvalue weighted by Crippen LogP contribution is -2.18. The van der Waals surface area contributed by atoms with Gasteiger partial charge in [-0.2, -0.15) is 0 Å². The first-order chi connectivity index (χ1) is 9.02. The van der Waals surface area contributed by atoms with Crippen LogP contribution in [0.2, 0.25) is 0 Å². The molecule has 0 aliphatic carbocycles. The third kappa shape index (κ3) is 6.52. The number of ether oxygens (including phenoxy) is 2. The number of rotatable bonds is 9. The molecule has 19 heavy (non-hydrogen) atoms. The first-order valence-corrected chi connectivity index (χ1v) is 7.74. The fourth-order valence-electron chi connectivity index (χ4n) is 1.82. The van der Waals surface area contributed by atoms with Crippen LogP contribution in [0.4, 0.5) is 0 Å². The highest BCUT2D eigenvalue weighted by molar-refractivity contribution is 7.12. The monoisotopic (exact) mass is 285 g/mol. The second kappa shape index (κ2) is 8.69. The largest absolute Gasteiger partial charge is 0.382 e. The fourth-order valence-corrected chi connectivity index (χ4v) is 2.83. The van der Waals surface area contributed by atoms with Crippen LogP contribution in [-0.2, 0) is 22.6 Å². The van der Waals surface area contributed by atoms with Crippen LogP contribution in [0.1, 0.15) is 36.1 Å². The Bertz CT molecular complexity index is 363. The van der Waals surface area contributed by atoms with Gasteiger partial charge in [0.2, 0.25) is 0 Å². The first kappa shape index (κ1) is 16.6. The SMILES string of the molecule is COCC(C)OCc1cc(CNCC(C)C)sc1C. The van der Waals surface area contributed by atoms with E-state index in [0.29, 0.717) is 19.1 Å². The summed E-state index contributed by atoms with van der Waals surface area (Å²) in [5.41, 5.74) is 1.30. The van der Waals surface area contributed by atoms with E-state index in [-0.39, 0.29) is 6.10 Å². The lowest BCUT2D eigenvalue weighted by Gasteiger charge is -2.11. The van der Waals surface area contributed by atoms with Crippen LogP contribution in [-0.4, -0.2) is 26.4 Å². The standard InChI is InChI=1S/C15H27NO2S/c1-11(2)7-16-8-15-6-14(13(4)19-15)10-18-12(3)9-17-5/h6,11-12,16H,7-10H2,1-5H3.